The van der Waals surface area contributed by atoms with Crippen LogP contribution in [0.1, 0.15) is 34.1 Å². The Balaban J connectivity index is 1.63. The molecule has 4 rings (SSSR count). The summed E-state index contributed by atoms with van der Waals surface area (Å²) in [4.78, 5) is 17.3. The Bertz CT molecular complexity index is 1170. The molecule has 0 bridgehead atoms. The van der Waals surface area contributed by atoms with Gasteiger partial charge in [-0.15, -0.1) is 0 Å². The van der Waals surface area contributed by atoms with Gasteiger partial charge in [0.2, 0.25) is 0 Å². The molecule has 7 nitrogen and oxygen atoms in total. The van der Waals surface area contributed by atoms with Gasteiger partial charge in [-0.25, -0.2) is 9.50 Å². The Morgan fingerprint density at radius 2 is 1.83 bits per heavy atom. The van der Waals surface area contributed by atoms with Crippen LogP contribution >= 0.6 is 0 Å². The zero-order valence-electron chi connectivity index (χ0n) is 16.5. The number of aryl methyl sites for hydroxylation is 1. The summed E-state index contributed by atoms with van der Waals surface area (Å²) in [6.45, 7) is 1.80. The van der Waals surface area contributed by atoms with E-state index in [-0.39, 0.29) is 18.9 Å². The van der Waals surface area contributed by atoms with Crippen LogP contribution in [0.15, 0.2) is 66.7 Å². The number of amides is 1. The number of aromatic nitrogens is 3. The molecule has 30 heavy (non-hydrogen) atoms. The summed E-state index contributed by atoms with van der Waals surface area (Å²) >= 11 is 0. The molecule has 2 aromatic heterocycles. The predicted octanol–water partition coefficient (Wildman–Crippen LogP) is 3.37. The first-order chi connectivity index (χ1) is 14.5. The van der Waals surface area contributed by atoms with Crippen LogP contribution in [-0.4, -0.2) is 37.3 Å². The average molecular weight is 402 g/mol. The summed E-state index contributed by atoms with van der Waals surface area (Å²) in [5.74, 6) is 0.126. The molecule has 7 heteroatoms. The van der Waals surface area contributed by atoms with E-state index >= 15 is 0 Å². The number of carbonyl (C=O) groups excluding carboxylic acids is 1. The third-order valence-electron chi connectivity index (χ3n) is 4.82. The van der Waals surface area contributed by atoms with Crippen molar-refractivity contribution in [1.82, 2.24) is 14.6 Å². The van der Waals surface area contributed by atoms with Crippen LogP contribution in [0.2, 0.25) is 0 Å². The fraction of sp³-hybridized carbons (Fsp3) is 0.174. The number of anilines is 1. The summed E-state index contributed by atoms with van der Waals surface area (Å²) in [5.41, 5.74) is 4.37. The number of carbonyl (C=O) groups is 1. The fourth-order valence-electron chi connectivity index (χ4n) is 3.30. The number of fused-ring (bicyclic) bond motifs is 1. The van der Waals surface area contributed by atoms with Crippen molar-refractivity contribution in [2.45, 2.75) is 19.4 Å². The molecular formula is C23H22N4O3. The first-order valence-electron chi connectivity index (χ1n) is 9.68. The smallest absolute Gasteiger partial charge is 0.256 e. The highest BCUT2D eigenvalue weighted by Gasteiger charge is 2.14. The van der Waals surface area contributed by atoms with Gasteiger partial charge in [0.1, 0.15) is 5.82 Å². The topological polar surface area (TPSA) is 99.8 Å². The number of aliphatic hydroxyl groups excluding tert-OH is 2. The lowest BCUT2D eigenvalue weighted by atomic mass is 10.0. The van der Waals surface area contributed by atoms with Crippen LogP contribution in [0.3, 0.4) is 0 Å². The van der Waals surface area contributed by atoms with E-state index in [4.69, 9.17) is 5.11 Å². The van der Waals surface area contributed by atoms with Crippen molar-refractivity contribution in [3.05, 3.63) is 83.6 Å². The van der Waals surface area contributed by atoms with Crippen LogP contribution in [-0.2, 0) is 0 Å². The second-order valence-corrected chi connectivity index (χ2v) is 7.05. The van der Waals surface area contributed by atoms with Crippen molar-refractivity contribution in [3.63, 3.8) is 0 Å². The highest BCUT2D eigenvalue weighted by atomic mass is 16.3. The van der Waals surface area contributed by atoms with E-state index in [0.717, 1.165) is 17.0 Å². The maximum Gasteiger partial charge on any atom is 0.256 e. The molecule has 4 aromatic rings. The van der Waals surface area contributed by atoms with Crippen LogP contribution in [0, 0.1) is 6.92 Å². The summed E-state index contributed by atoms with van der Waals surface area (Å²) in [6.07, 6.45) is -0.502. The number of nitrogens with one attached hydrogen (secondary N) is 1. The molecule has 0 saturated heterocycles. The highest BCUT2D eigenvalue weighted by molar-refractivity contribution is 6.04. The van der Waals surface area contributed by atoms with Crippen molar-refractivity contribution in [3.8, 4) is 11.3 Å². The van der Waals surface area contributed by atoms with Crippen molar-refractivity contribution in [2.75, 3.05) is 11.9 Å². The normalized spacial score (nSPS) is 12.1. The number of benzene rings is 2. The number of hydrogen-bond acceptors (Lipinski definition) is 5. The SMILES string of the molecule is Cc1cc2nc(NC(=O)c3ccc([C@@H](O)CCO)cc3)cc(-c3ccccc3)n2n1. The zero-order valence-corrected chi connectivity index (χ0v) is 16.5. The Morgan fingerprint density at radius 3 is 2.53 bits per heavy atom. The minimum atomic E-state index is -0.755. The quantitative estimate of drug-likeness (QED) is 0.459. The second-order valence-electron chi connectivity index (χ2n) is 7.05. The van der Waals surface area contributed by atoms with Gasteiger partial charge in [-0.3, -0.25) is 4.79 Å². The molecule has 1 amide bonds. The Kier molecular flexibility index (Phi) is 5.56. The Labute approximate surface area is 173 Å². The molecule has 0 aliphatic rings. The molecule has 2 heterocycles. The van der Waals surface area contributed by atoms with Gasteiger partial charge in [0.15, 0.2) is 5.65 Å². The molecule has 152 valence electrons. The van der Waals surface area contributed by atoms with Crippen LogP contribution in [0.5, 0.6) is 0 Å². The van der Waals surface area contributed by atoms with Crippen molar-refractivity contribution >= 4 is 17.4 Å². The molecule has 0 fully saturated rings. The lowest BCUT2D eigenvalue weighted by Gasteiger charge is -2.11. The Hall–Kier alpha value is -3.55. The molecule has 0 unspecified atom stereocenters. The van der Waals surface area contributed by atoms with Crippen LogP contribution < -0.4 is 5.32 Å². The van der Waals surface area contributed by atoms with Gasteiger partial charge in [-0.2, -0.15) is 5.10 Å². The van der Waals surface area contributed by atoms with E-state index in [2.05, 4.69) is 15.4 Å². The minimum absolute atomic E-state index is 0.102. The third kappa shape index (κ3) is 4.07. The van der Waals surface area contributed by atoms with Crippen LogP contribution in [0.4, 0.5) is 5.82 Å². The van der Waals surface area contributed by atoms with E-state index in [1.165, 1.54) is 0 Å². The third-order valence-corrected chi connectivity index (χ3v) is 4.82. The number of rotatable bonds is 6. The predicted molar refractivity (Wildman–Crippen MR) is 114 cm³/mol. The van der Waals surface area contributed by atoms with Crippen LogP contribution in [0.25, 0.3) is 16.9 Å². The van der Waals surface area contributed by atoms with Gasteiger partial charge in [0.05, 0.1) is 17.5 Å². The molecule has 0 aliphatic heterocycles. The fourth-order valence-corrected chi connectivity index (χ4v) is 3.30. The summed E-state index contributed by atoms with van der Waals surface area (Å²) < 4.78 is 1.76. The molecule has 2 aromatic carbocycles. The zero-order chi connectivity index (χ0) is 21.1. The van der Waals surface area contributed by atoms with Gasteiger partial charge in [0, 0.05) is 36.3 Å². The highest BCUT2D eigenvalue weighted by Crippen LogP contribution is 2.24. The lowest BCUT2D eigenvalue weighted by Crippen LogP contribution is -2.14. The van der Waals surface area contributed by atoms with Gasteiger partial charge in [-0.05, 0) is 24.6 Å². The minimum Gasteiger partial charge on any atom is -0.396 e. The first-order valence-corrected chi connectivity index (χ1v) is 9.68. The molecule has 0 saturated carbocycles. The maximum atomic E-state index is 12.7. The van der Waals surface area contributed by atoms with Gasteiger partial charge in [0.25, 0.3) is 5.91 Å². The summed E-state index contributed by atoms with van der Waals surface area (Å²) in [7, 11) is 0. The van der Waals surface area contributed by atoms with Crippen molar-refractivity contribution in [2.24, 2.45) is 0 Å². The van der Waals surface area contributed by atoms with Gasteiger partial charge >= 0.3 is 0 Å². The monoisotopic (exact) mass is 402 g/mol. The van der Waals surface area contributed by atoms with E-state index < -0.39 is 6.10 Å². The first kappa shape index (κ1) is 19.8. The standard InChI is InChI=1S/C23H22N4O3/c1-15-13-22-24-21(14-19(27(22)26-15)16-5-3-2-4-6-16)25-23(30)18-9-7-17(8-10-18)20(29)11-12-28/h2-10,13-14,20,28-29H,11-12H2,1H3,(H,24,25,30)/t20-/m0/s1. The van der Waals surface area contributed by atoms with Crippen molar-refractivity contribution in [1.29, 1.82) is 0 Å². The van der Waals surface area contributed by atoms with E-state index in [1.54, 1.807) is 34.8 Å². The largest absolute Gasteiger partial charge is 0.396 e. The lowest BCUT2D eigenvalue weighted by molar-refractivity contribution is 0.102. The van der Waals surface area contributed by atoms with Gasteiger partial charge in [-0.1, -0.05) is 42.5 Å². The molecule has 3 N–H and O–H groups in total. The van der Waals surface area contributed by atoms with Gasteiger partial charge < -0.3 is 15.5 Å². The molecule has 1 atom stereocenters. The number of hydrogen-bond donors (Lipinski definition) is 3. The number of aliphatic hydroxyl groups is 2. The number of nitrogens with zero attached hydrogens (tertiary/aromatic N) is 3. The molecule has 0 aliphatic carbocycles. The summed E-state index contributed by atoms with van der Waals surface area (Å²) in [5, 5.41) is 26.3. The molecule has 0 radical (unpaired) electrons. The van der Waals surface area contributed by atoms with Crippen molar-refractivity contribution < 1.29 is 15.0 Å². The molecular weight excluding hydrogens is 380 g/mol. The maximum absolute atomic E-state index is 12.7. The van der Waals surface area contributed by atoms with E-state index in [0.29, 0.717) is 22.6 Å². The van der Waals surface area contributed by atoms with E-state index in [1.807, 2.05) is 43.3 Å². The van der Waals surface area contributed by atoms with E-state index in [9.17, 15) is 9.90 Å². The second kappa shape index (κ2) is 8.44. The summed E-state index contributed by atoms with van der Waals surface area (Å²) in [6, 6.07) is 20.1. The average Bonchev–Trinajstić information content (AvgIpc) is 3.14. The Morgan fingerprint density at radius 1 is 1.10 bits per heavy atom. The molecule has 0 spiro atoms.